The van der Waals surface area contributed by atoms with Gasteiger partial charge in [-0.15, -0.1) is 0 Å². The number of benzene rings is 1. The fourth-order valence-electron chi connectivity index (χ4n) is 2.62. The van der Waals surface area contributed by atoms with E-state index in [1.54, 1.807) is 12.1 Å². The maximum absolute atomic E-state index is 12.5. The predicted octanol–water partition coefficient (Wildman–Crippen LogP) is 3.66. The van der Waals surface area contributed by atoms with Crippen molar-refractivity contribution in [1.29, 1.82) is 0 Å². The number of nitrogens with zero attached hydrogens (tertiary/aromatic N) is 1. The van der Waals surface area contributed by atoms with Gasteiger partial charge in [0.05, 0.1) is 5.02 Å². The lowest BCUT2D eigenvalue weighted by Gasteiger charge is -2.32. The van der Waals surface area contributed by atoms with Crippen LogP contribution in [-0.4, -0.2) is 35.0 Å². The summed E-state index contributed by atoms with van der Waals surface area (Å²) in [5, 5.41) is 9.34. The maximum Gasteiger partial charge on any atom is 0.303 e. The zero-order valence-corrected chi connectivity index (χ0v) is 14.4. The van der Waals surface area contributed by atoms with Gasteiger partial charge in [0.15, 0.2) is 0 Å². The summed E-state index contributed by atoms with van der Waals surface area (Å²) in [6.45, 7) is 1.36. The number of carbonyl (C=O) groups excluding carboxylic acids is 1. The van der Waals surface area contributed by atoms with E-state index < -0.39 is 5.97 Å². The number of aliphatic carboxylic acids is 1. The van der Waals surface area contributed by atoms with Crippen molar-refractivity contribution in [3.05, 3.63) is 32.4 Å². The van der Waals surface area contributed by atoms with E-state index in [1.807, 2.05) is 11.0 Å². The average molecular weight is 422 g/mol. The van der Waals surface area contributed by atoms with Gasteiger partial charge >= 0.3 is 5.97 Å². The van der Waals surface area contributed by atoms with E-state index in [1.165, 1.54) is 0 Å². The van der Waals surface area contributed by atoms with Crippen molar-refractivity contribution < 1.29 is 14.7 Å². The molecule has 1 amide bonds. The summed E-state index contributed by atoms with van der Waals surface area (Å²) in [6.07, 6.45) is 2.72. The molecule has 1 aromatic carbocycles. The van der Waals surface area contributed by atoms with Crippen molar-refractivity contribution in [3.8, 4) is 0 Å². The molecule has 21 heavy (non-hydrogen) atoms. The highest BCUT2D eigenvalue weighted by Crippen LogP contribution is 2.24. The highest BCUT2D eigenvalue weighted by molar-refractivity contribution is 14.1. The van der Waals surface area contributed by atoms with Crippen LogP contribution in [0.2, 0.25) is 5.02 Å². The van der Waals surface area contributed by atoms with E-state index in [0.29, 0.717) is 23.6 Å². The predicted molar refractivity (Wildman–Crippen MR) is 89.7 cm³/mol. The zero-order valence-electron chi connectivity index (χ0n) is 11.5. The summed E-state index contributed by atoms with van der Waals surface area (Å²) in [5.74, 6) is -0.519. The molecule has 1 aromatic rings. The standard InChI is InChI=1S/C15H17ClINO3/c16-12-8-11(4-5-13(12)17)15(21)18-7-1-2-10(9-18)3-6-14(19)20/h4-5,8,10H,1-3,6-7,9H2,(H,19,20). The number of likely N-dealkylation sites (tertiary alicyclic amines) is 1. The molecule has 0 aromatic heterocycles. The van der Waals surface area contributed by atoms with Gasteiger partial charge in [0.2, 0.25) is 0 Å². The fourth-order valence-corrected chi connectivity index (χ4v) is 3.14. The molecule has 0 saturated carbocycles. The first-order valence-electron chi connectivity index (χ1n) is 6.93. The zero-order chi connectivity index (χ0) is 15.4. The summed E-state index contributed by atoms with van der Waals surface area (Å²) in [7, 11) is 0. The average Bonchev–Trinajstić information content (AvgIpc) is 2.47. The lowest BCUT2D eigenvalue weighted by atomic mass is 9.93. The Morgan fingerprint density at radius 2 is 2.19 bits per heavy atom. The molecule has 1 atom stereocenters. The topological polar surface area (TPSA) is 57.6 Å². The maximum atomic E-state index is 12.5. The summed E-state index contributed by atoms with van der Waals surface area (Å²) >= 11 is 8.19. The van der Waals surface area contributed by atoms with Gasteiger partial charge in [-0.2, -0.15) is 0 Å². The van der Waals surface area contributed by atoms with Crippen LogP contribution in [0.15, 0.2) is 18.2 Å². The number of piperidine rings is 1. The number of hydrogen-bond donors (Lipinski definition) is 1. The first-order chi connectivity index (χ1) is 9.97. The molecule has 4 nitrogen and oxygen atoms in total. The molecule has 0 aliphatic carbocycles. The molecular weight excluding hydrogens is 405 g/mol. The lowest BCUT2D eigenvalue weighted by Crippen LogP contribution is -2.40. The molecule has 1 unspecified atom stereocenters. The number of rotatable bonds is 4. The Labute approximate surface area is 142 Å². The van der Waals surface area contributed by atoms with Crippen molar-refractivity contribution >= 4 is 46.1 Å². The van der Waals surface area contributed by atoms with Crippen LogP contribution in [-0.2, 0) is 4.79 Å². The summed E-state index contributed by atoms with van der Waals surface area (Å²) in [5.41, 5.74) is 0.597. The summed E-state index contributed by atoms with van der Waals surface area (Å²) in [4.78, 5) is 25.0. The minimum absolute atomic E-state index is 0.0201. The number of carbonyl (C=O) groups is 2. The second-order valence-corrected chi connectivity index (χ2v) is 6.89. The van der Waals surface area contributed by atoms with E-state index in [-0.39, 0.29) is 18.2 Å². The van der Waals surface area contributed by atoms with Crippen LogP contribution in [0, 0.1) is 9.49 Å². The number of carboxylic acids is 1. The fraction of sp³-hybridized carbons (Fsp3) is 0.467. The molecule has 1 fully saturated rings. The Kier molecular flexibility index (Phi) is 5.87. The molecule has 0 radical (unpaired) electrons. The van der Waals surface area contributed by atoms with Gasteiger partial charge in [-0.3, -0.25) is 9.59 Å². The highest BCUT2D eigenvalue weighted by atomic mass is 127. The molecule has 2 rings (SSSR count). The Bertz CT molecular complexity index is 550. The van der Waals surface area contributed by atoms with Gasteiger partial charge in [-0.05, 0) is 66.0 Å². The van der Waals surface area contributed by atoms with Crippen molar-refractivity contribution in [2.75, 3.05) is 13.1 Å². The molecule has 1 heterocycles. The van der Waals surface area contributed by atoms with Gasteiger partial charge in [0.25, 0.3) is 5.91 Å². The molecular formula is C15H17ClINO3. The molecule has 1 N–H and O–H groups in total. The third kappa shape index (κ3) is 4.57. The van der Waals surface area contributed by atoms with Crippen LogP contribution >= 0.6 is 34.2 Å². The highest BCUT2D eigenvalue weighted by Gasteiger charge is 2.25. The minimum Gasteiger partial charge on any atom is -0.481 e. The van der Waals surface area contributed by atoms with Crippen molar-refractivity contribution in [2.24, 2.45) is 5.92 Å². The normalized spacial score (nSPS) is 18.6. The van der Waals surface area contributed by atoms with Gasteiger partial charge in [0.1, 0.15) is 0 Å². The number of carboxylic acid groups (broad SMARTS) is 1. The van der Waals surface area contributed by atoms with E-state index in [9.17, 15) is 9.59 Å². The van der Waals surface area contributed by atoms with E-state index in [4.69, 9.17) is 16.7 Å². The second-order valence-electron chi connectivity index (χ2n) is 5.32. The van der Waals surface area contributed by atoms with Crippen LogP contribution < -0.4 is 0 Å². The molecule has 0 bridgehead atoms. The first kappa shape index (κ1) is 16.5. The Morgan fingerprint density at radius 1 is 1.43 bits per heavy atom. The first-order valence-corrected chi connectivity index (χ1v) is 8.39. The monoisotopic (exact) mass is 421 g/mol. The molecule has 1 aliphatic rings. The van der Waals surface area contributed by atoms with Crippen LogP contribution in [0.5, 0.6) is 0 Å². The van der Waals surface area contributed by atoms with Gasteiger partial charge < -0.3 is 10.0 Å². The molecule has 1 aliphatic heterocycles. The molecule has 1 saturated heterocycles. The van der Waals surface area contributed by atoms with Crippen LogP contribution in [0.4, 0.5) is 0 Å². The van der Waals surface area contributed by atoms with Crippen LogP contribution in [0.3, 0.4) is 0 Å². The van der Waals surface area contributed by atoms with Crippen molar-refractivity contribution in [2.45, 2.75) is 25.7 Å². The number of halogens is 2. The molecule has 114 valence electrons. The quantitative estimate of drug-likeness (QED) is 0.755. The number of hydrogen-bond acceptors (Lipinski definition) is 2. The SMILES string of the molecule is O=C(O)CCC1CCCN(C(=O)c2ccc(I)c(Cl)c2)C1. The Hall–Kier alpha value is -0.820. The third-order valence-corrected chi connectivity index (χ3v) is 5.31. The molecule has 6 heteroatoms. The van der Waals surface area contributed by atoms with Gasteiger partial charge in [-0.1, -0.05) is 11.6 Å². The van der Waals surface area contributed by atoms with Crippen molar-refractivity contribution in [3.63, 3.8) is 0 Å². The van der Waals surface area contributed by atoms with Gasteiger partial charge in [0, 0.05) is 28.6 Å². The van der Waals surface area contributed by atoms with Crippen LogP contribution in [0.1, 0.15) is 36.0 Å². The lowest BCUT2D eigenvalue weighted by molar-refractivity contribution is -0.137. The smallest absolute Gasteiger partial charge is 0.303 e. The molecule has 0 spiro atoms. The van der Waals surface area contributed by atoms with Crippen LogP contribution in [0.25, 0.3) is 0 Å². The Balaban J connectivity index is 2.01. The Morgan fingerprint density at radius 3 is 2.86 bits per heavy atom. The van der Waals surface area contributed by atoms with Gasteiger partial charge in [-0.25, -0.2) is 0 Å². The second kappa shape index (κ2) is 7.45. The summed E-state index contributed by atoms with van der Waals surface area (Å²) in [6, 6.07) is 5.32. The van der Waals surface area contributed by atoms with Crippen molar-refractivity contribution in [1.82, 2.24) is 4.90 Å². The number of amides is 1. The van der Waals surface area contributed by atoms with E-state index >= 15 is 0 Å². The third-order valence-electron chi connectivity index (χ3n) is 3.74. The van der Waals surface area contributed by atoms with E-state index in [0.717, 1.165) is 23.0 Å². The summed E-state index contributed by atoms with van der Waals surface area (Å²) < 4.78 is 0.920. The largest absolute Gasteiger partial charge is 0.481 e. The van der Waals surface area contributed by atoms with E-state index in [2.05, 4.69) is 22.6 Å². The minimum atomic E-state index is -0.775.